The standard InChI is InChI=1S/C14H30N2O/c1-6-13(7-2)16-14(17)10-15-12(5)9-8-11(3)4/h11-13,15H,6-10H2,1-5H3,(H,16,17). The molecule has 0 aromatic heterocycles. The Labute approximate surface area is 107 Å². The van der Waals surface area contributed by atoms with E-state index in [0.29, 0.717) is 18.6 Å². The molecule has 0 radical (unpaired) electrons. The van der Waals surface area contributed by atoms with Crippen LogP contribution in [0.2, 0.25) is 0 Å². The molecule has 17 heavy (non-hydrogen) atoms. The van der Waals surface area contributed by atoms with Crippen molar-refractivity contribution in [2.24, 2.45) is 5.92 Å². The fourth-order valence-corrected chi connectivity index (χ4v) is 1.72. The number of nitrogens with one attached hydrogen (secondary N) is 2. The van der Waals surface area contributed by atoms with Gasteiger partial charge in [0.2, 0.25) is 5.91 Å². The van der Waals surface area contributed by atoms with Gasteiger partial charge in [0.1, 0.15) is 0 Å². The van der Waals surface area contributed by atoms with Crippen molar-refractivity contribution >= 4 is 5.91 Å². The highest BCUT2D eigenvalue weighted by molar-refractivity contribution is 5.78. The molecule has 102 valence electrons. The van der Waals surface area contributed by atoms with Crippen LogP contribution in [0.15, 0.2) is 0 Å². The van der Waals surface area contributed by atoms with Crippen LogP contribution in [0, 0.1) is 5.92 Å². The second-order valence-corrected chi connectivity index (χ2v) is 5.33. The highest BCUT2D eigenvalue weighted by Crippen LogP contribution is 2.06. The fraction of sp³-hybridized carbons (Fsp3) is 0.929. The Morgan fingerprint density at radius 2 is 1.65 bits per heavy atom. The largest absolute Gasteiger partial charge is 0.352 e. The van der Waals surface area contributed by atoms with Crippen molar-refractivity contribution in [1.82, 2.24) is 10.6 Å². The summed E-state index contributed by atoms with van der Waals surface area (Å²) in [6.45, 7) is 11.3. The maximum atomic E-state index is 11.6. The van der Waals surface area contributed by atoms with Crippen LogP contribution in [0.25, 0.3) is 0 Å². The number of hydrogen-bond donors (Lipinski definition) is 2. The van der Waals surface area contributed by atoms with Gasteiger partial charge in [0.15, 0.2) is 0 Å². The molecule has 0 fully saturated rings. The molecule has 0 aromatic carbocycles. The van der Waals surface area contributed by atoms with Crippen LogP contribution in [0.1, 0.15) is 60.3 Å². The van der Waals surface area contributed by atoms with Gasteiger partial charge in [0.05, 0.1) is 6.54 Å². The predicted molar refractivity (Wildman–Crippen MR) is 74.0 cm³/mol. The van der Waals surface area contributed by atoms with Crippen LogP contribution in [0.5, 0.6) is 0 Å². The zero-order valence-corrected chi connectivity index (χ0v) is 12.2. The summed E-state index contributed by atoms with van der Waals surface area (Å²) in [7, 11) is 0. The third kappa shape index (κ3) is 9.16. The minimum Gasteiger partial charge on any atom is -0.352 e. The summed E-state index contributed by atoms with van der Waals surface area (Å²) >= 11 is 0. The van der Waals surface area contributed by atoms with E-state index in [1.165, 1.54) is 6.42 Å². The lowest BCUT2D eigenvalue weighted by Gasteiger charge is -2.17. The molecule has 1 atom stereocenters. The fourth-order valence-electron chi connectivity index (χ4n) is 1.72. The summed E-state index contributed by atoms with van der Waals surface area (Å²) in [5, 5.41) is 6.31. The first kappa shape index (κ1) is 16.4. The smallest absolute Gasteiger partial charge is 0.234 e. The van der Waals surface area contributed by atoms with Gasteiger partial charge in [-0.3, -0.25) is 4.79 Å². The lowest BCUT2D eigenvalue weighted by atomic mass is 10.0. The molecule has 3 heteroatoms. The highest BCUT2D eigenvalue weighted by atomic mass is 16.1. The first-order chi connectivity index (χ1) is 7.99. The molecule has 0 aliphatic carbocycles. The van der Waals surface area contributed by atoms with Crippen LogP contribution in [-0.2, 0) is 4.79 Å². The van der Waals surface area contributed by atoms with Crippen molar-refractivity contribution in [2.45, 2.75) is 72.4 Å². The topological polar surface area (TPSA) is 41.1 Å². The van der Waals surface area contributed by atoms with Crippen molar-refractivity contribution in [2.75, 3.05) is 6.54 Å². The third-order valence-electron chi connectivity index (χ3n) is 3.14. The summed E-state index contributed by atoms with van der Waals surface area (Å²) < 4.78 is 0. The monoisotopic (exact) mass is 242 g/mol. The second-order valence-electron chi connectivity index (χ2n) is 5.33. The van der Waals surface area contributed by atoms with Crippen molar-refractivity contribution in [3.63, 3.8) is 0 Å². The van der Waals surface area contributed by atoms with Gasteiger partial charge in [-0.2, -0.15) is 0 Å². The van der Waals surface area contributed by atoms with E-state index in [-0.39, 0.29) is 5.91 Å². The normalized spacial score (nSPS) is 13.1. The predicted octanol–water partition coefficient (Wildman–Crippen LogP) is 2.71. The number of carbonyl (C=O) groups is 1. The average molecular weight is 242 g/mol. The Morgan fingerprint density at radius 1 is 1.06 bits per heavy atom. The van der Waals surface area contributed by atoms with Gasteiger partial charge >= 0.3 is 0 Å². The first-order valence-electron chi connectivity index (χ1n) is 7.02. The quantitative estimate of drug-likeness (QED) is 0.653. The van der Waals surface area contributed by atoms with E-state index in [0.717, 1.165) is 25.2 Å². The van der Waals surface area contributed by atoms with E-state index < -0.39 is 0 Å². The molecule has 1 unspecified atom stereocenters. The van der Waals surface area contributed by atoms with Crippen LogP contribution in [0.3, 0.4) is 0 Å². The van der Waals surface area contributed by atoms with E-state index >= 15 is 0 Å². The average Bonchev–Trinajstić information content (AvgIpc) is 2.30. The molecule has 2 N–H and O–H groups in total. The summed E-state index contributed by atoms with van der Waals surface area (Å²) in [6, 6.07) is 0.750. The van der Waals surface area contributed by atoms with E-state index in [1.54, 1.807) is 0 Å². The van der Waals surface area contributed by atoms with Gasteiger partial charge in [0.25, 0.3) is 0 Å². The van der Waals surface area contributed by atoms with E-state index in [1.807, 2.05) is 0 Å². The molecule has 0 aromatic rings. The molecular formula is C14H30N2O. The molecule has 0 aliphatic rings. The minimum atomic E-state index is 0.120. The summed E-state index contributed by atoms with van der Waals surface area (Å²) in [5.74, 6) is 0.854. The zero-order chi connectivity index (χ0) is 13.3. The molecule has 0 saturated carbocycles. The summed E-state index contributed by atoms with van der Waals surface area (Å²) in [5.41, 5.74) is 0. The Morgan fingerprint density at radius 3 is 2.12 bits per heavy atom. The molecule has 0 bridgehead atoms. The van der Waals surface area contributed by atoms with Gasteiger partial charge in [-0.25, -0.2) is 0 Å². The van der Waals surface area contributed by atoms with Gasteiger partial charge < -0.3 is 10.6 Å². The lowest BCUT2D eigenvalue weighted by molar-refractivity contribution is -0.121. The highest BCUT2D eigenvalue weighted by Gasteiger charge is 2.09. The third-order valence-corrected chi connectivity index (χ3v) is 3.14. The maximum absolute atomic E-state index is 11.6. The molecule has 0 heterocycles. The van der Waals surface area contributed by atoms with Crippen LogP contribution < -0.4 is 10.6 Å². The Bertz CT molecular complexity index is 200. The van der Waals surface area contributed by atoms with Gasteiger partial charge in [-0.15, -0.1) is 0 Å². The van der Waals surface area contributed by atoms with E-state index in [2.05, 4.69) is 45.3 Å². The number of carbonyl (C=O) groups excluding carboxylic acids is 1. The SMILES string of the molecule is CCC(CC)NC(=O)CNC(C)CCC(C)C. The second kappa shape index (κ2) is 9.46. The zero-order valence-electron chi connectivity index (χ0n) is 12.2. The number of rotatable bonds is 9. The lowest BCUT2D eigenvalue weighted by Crippen LogP contribution is -2.42. The first-order valence-corrected chi connectivity index (χ1v) is 7.02. The van der Waals surface area contributed by atoms with Crippen molar-refractivity contribution in [3.8, 4) is 0 Å². The molecular weight excluding hydrogens is 212 g/mol. The van der Waals surface area contributed by atoms with Crippen molar-refractivity contribution in [3.05, 3.63) is 0 Å². The number of hydrogen-bond acceptors (Lipinski definition) is 2. The molecule has 3 nitrogen and oxygen atoms in total. The van der Waals surface area contributed by atoms with Gasteiger partial charge in [0, 0.05) is 12.1 Å². The molecule has 1 amide bonds. The Balaban J connectivity index is 3.68. The van der Waals surface area contributed by atoms with Gasteiger partial charge in [-0.1, -0.05) is 27.7 Å². The molecule has 0 spiro atoms. The van der Waals surface area contributed by atoms with E-state index in [4.69, 9.17) is 0 Å². The van der Waals surface area contributed by atoms with Crippen molar-refractivity contribution in [1.29, 1.82) is 0 Å². The summed E-state index contributed by atoms with van der Waals surface area (Å²) in [6.07, 6.45) is 4.36. The molecule has 0 saturated heterocycles. The summed E-state index contributed by atoms with van der Waals surface area (Å²) in [4.78, 5) is 11.6. The van der Waals surface area contributed by atoms with Crippen LogP contribution in [0.4, 0.5) is 0 Å². The van der Waals surface area contributed by atoms with Gasteiger partial charge in [-0.05, 0) is 38.5 Å². The molecule has 0 rings (SSSR count). The molecule has 0 aliphatic heterocycles. The Kier molecular flexibility index (Phi) is 9.14. The number of amides is 1. The van der Waals surface area contributed by atoms with Crippen molar-refractivity contribution < 1.29 is 4.79 Å². The van der Waals surface area contributed by atoms with Crippen LogP contribution >= 0.6 is 0 Å². The van der Waals surface area contributed by atoms with E-state index in [9.17, 15) is 4.79 Å². The minimum absolute atomic E-state index is 0.120. The maximum Gasteiger partial charge on any atom is 0.234 e. The Hall–Kier alpha value is -0.570. The van der Waals surface area contributed by atoms with Crippen LogP contribution in [-0.4, -0.2) is 24.5 Å².